The van der Waals surface area contributed by atoms with Crippen molar-refractivity contribution < 1.29 is 9.84 Å². The summed E-state index contributed by atoms with van der Waals surface area (Å²) in [6.07, 6.45) is 0. The fraction of sp³-hybridized carbons (Fsp3) is 0.143. The second kappa shape index (κ2) is 6.58. The van der Waals surface area contributed by atoms with Crippen LogP contribution in [0.5, 0.6) is 11.5 Å². The Bertz CT molecular complexity index is 1000. The summed E-state index contributed by atoms with van der Waals surface area (Å²) >= 11 is 3.61. The SMILES string of the molecule is Oc1cc(-c2cccc3c2Sc2ccccc2S3)cc2c1OCCNC2. The van der Waals surface area contributed by atoms with E-state index in [0.717, 1.165) is 23.2 Å². The second-order valence-corrected chi connectivity index (χ2v) is 8.43. The summed E-state index contributed by atoms with van der Waals surface area (Å²) in [5.41, 5.74) is 3.18. The Balaban J connectivity index is 1.63. The lowest BCUT2D eigenvalue weighted by Crippen LogP contribution is -2.16. The molecule has 0 saturated carbocycles. The Morgan fingerprint density at radius 3 is 2.62 bits per heavy atom. The number of phenols is 1. The highest BCUT2D eigenvalue weighted by atomic mass is 32.2. The predicted octanol–water partition coefficient (Wildman–Crippen LogP) is 5.16. The number of benzene rings is 3. The molecule has 26 heavy (non-hydrogen) atoms. The molecule has 5 rings (SSSR count). The van der Waals surface area contributed by atoms with E-state index in [-0.39, 0.29) is 5.75 Å². The molecule has 3 nitrogen and oxygen atoms in total. The van der Waals surface area contributed by atoms with Crippen LogP contribution in [0.15, 0.2) is 74.2 Å². The molecule has 0 bridgehead atoms. The second-order valence-electron chi connectivity index (χ2n) is 6.29. The van der Waals surface area contributed by atoms with Gasteiger partial charge in [-0.15, -0.1) is 0 Å². The van der Waals surface area contributed by atoms with Crippen LogP contribution < -0.4 is 10.1 Å². The summed E-state index contributed by atoms with van der Waals surface area (Å²) in [5.74, 6) is 0.823. The van der Waals surface area contributed by atoms with Crippen LogP contribution in [0.1, 0.15) is 5.56 Å². The van der Waals surface area contributed by atoms with Gasteiger partial charge in [-0.25, -0.2) is 0 Å². The Hall–Kier alpha value is -2.08. The number of phenolic OH excluding ortho intramolecular Hbond substituents is 1. The summed E-state index contributed by atoms with van der Waals surface area (Å²) in [6.45, 7) is 2.06. The molecule has 3 aromatic carbocycles. The van der Waals surface area contributed by atoms with E-state index in [9.17, 15) is 5.11 Å². The van der Waals surface area contributed by atoms with Gasteiger partial charge in [-0.05, 0) is 41.5 Å². The molecule has 0 aliphatic carbocycles. The first kappa shape index (κ1) is 16.1. The molecular weight excluding hydrogens is 362 g/mol. The van der Waals surface area contributed by atoms with Gasteiger partial charge >= 0.3 is 0 Å². The van der Waals surface area contributed by atoms with Crippen molar-refractivity contribution in [1.29, 1.82) is 0 Å². The number of hydrogen-bond acceptors (Lipinski definition) is 5. The molecule has 5 heteroatoms. The minimum Gasteiger partial charge on any atom is -0.504 e. The average Bonchev–Trinajstić information content (AvgIpc) is 2.91. The maximum Gasteiger partial charge on any atom is 0.165 e. The summed E-state index contributed by atoms with van der Waals surface area (Å²) in [5, 5.41) is 13.9. The van der Waals surface area contributed by atoms with Gasteiger partial charge in [-0.2, -0.15) is 0 Å². The van der Waals surface area contributed by atoms with Crippen molar-refractivity contribution in [1.82, 2.24) is 5.32 Å². The standard InChI is InChI=1S/C21H17NO2S2/c23-16-11-13(10-14-12-22-8-9-24-20(14)16)15-4-3-7-19-21(15)26-18-6-2-1-5-17(18)25-19/h1-7,10-11,22-23H,8-9,12H2. The van der Waals surface area contributed by atoms with E-state index in [2.05, 4.69) is 53.8 Å². The van der Waals surface area contributed by atoms with Crippen LogP contribution in [0.4, 0.5) is 0 Å². The van der Waals surface area contributed by atoms with Gasteiger partial charge in [0.25, 0.3) is 0 Å². The molecule has 2 aliphatic rings. The normalized spacial score (nSPS) is 15.2. The van der Waals surface area contributed by atoms with E-state index in [1.807, 2.05) is 17.8 Å². The van der Waals surface area contributed by atoms with E-state index in [0.29, 0.717) is 18.9 Å². The third-order valence-corrected chi connectivity index (χ3v) is 7.17. The molecule has 0 fully saturated rings. The Kier molecular flexibility index (Phi) is 4.08. The summed E-state index contributed by atoms with van der Waals surface area (Å²) in [6, 6.07) is 18.8. The zero-order chi connectivity index (χ0) is 17.5. The van der Waals surface area contributed by atoms with Crippen molar-refractivity contribution in [2.45, 2.75) is 26.1 Å². The minimum absolute atomic E-state index is 0.215. The van der Waals surface area contributed by atoms with Gasteiger partial charge in [0.05, 0.1) is 0 Å². The van der Waals surface area contributed by atoms with Crippen molar-refractivity contribution in [2.75, 3.05) is 13.2 Å². The quantitative estimate of drug-likeness (QED) is 0.478. The topological polar surface area (TPSA) is 41.5 Å². The highest BCUT2D eigenvalue weighted by Crippen LogP contribution is 2.52. The van der Waals surface area contributed by atoms with Crippen LogP contribution in [-0.2, 0) is 6.54 Å². The molecule has 2 aliphatic heterocycles. The highest BCUT2D eigenvalue weighted by molar-refractivity contribution is 8.05. The van der Waals surface area contributed by atoms with Gasteiger partial charge in [-0.1, -0.05) is 47.8 Å². The fourth-order valence-electron chi connectivity index (χ4n) is 3.35. The highest BCUT2D eigenvalue weighted by Gasteiger charge is 2.22. The molecule has 0 unspecified atom stereocenters. The zero-order valence-corrected chi connectivity index (χ0v) is 15.6. The molecule has 0 aromatic heterocycles. The molecule has 2 N–H and O–H groups in total. The third-order valence-electron chi connectivity index (χ3n) is 4.56. The van der Waals surface area contributed by atoms with Gasteiger partial charge in [-0.3, -0.25) is 0 Å². The van der Waals surface area contributed by atoms with E-state index in [4.69, 9.17) is 4.74 Å². The summed E-state index contributed by atoms with van der Waals surface area (Å²) in [4.78, 5) is 5.08. The Morgan fingerprint density at radius 1 is 0.923 bits per heavy atom. The molecule has 0 amide bonds. The van der Waals surface area contributed by atoms with Crippen molar-refractivity contribution in [3.63, 3.8) is 0 Å². The smallest absolute Gasteiger partial charge is 0.165 e. The molecular formula is C21H17NO2S2. The van der Waals surface area contributed by atoms with E-state index >= 15 is 0 Å². The summed E-state index contributed by atoms with van der Waals surface area (Å²) < 4.78 is 5.71. The van der Waals surface area contributed by atoms with E-state index in [1.165, 1.54) is 19.6 Å². The lowest BCUT2D eigenvalue weighted by atomic mass is 10.0. The molecule has 3 aromatic rings. The molecule has 2 heterocycles. The summed E-state index contributed by atoms with van der Waals surface area (Å²) in [7, 11) is 0. The predicted molar refractivity (Wildman–Crippen MR) is 105 cm³/mol. The van der Waals surface area contributed by atoms with Crippen LogP contribution in [-0.4, -0.2) is 18.3 Å². The maximum atomic E-state index is 10.5. The molecule has 0 spiro atoms. The first-order chi connectivity index (χ1) is 12.8. The van der Waals surface area contributed by atoms with Crippen LogP contribution in [0, 0.1) is 0 Å². The molecule has 0 radical (unpaired) electrons. The fourth-order valence-corrected chi connectivity index (χ4v) is 5.75. The van der Waals surface area contributed by atoms with Gasteiger partial charge in [0.1, 0.15) is 6.61 Å². The number of aromatic hydroxyl groups is 1. The van der Waals surface area contributed by atoms with Crippen molar-refractivity contribution in [2.24, 2.45) is 0 Å². The van der Waals surface area contributed by atoms with Gasteiger partial charge in [0.15, 0.2) is 11.5 Å². The first-order valence-electron chi connectivity index (χ1n) is 8.57. The minimum atomic E-state index is 0.215. The van der Waals surface area contributed by atoms with Crippen LogP contribution in [0.25, 0.3) is 11.1 Å². The Labute approximate surface area is 160 Å². The van der Waals surface area contributed by atoms with Crippen molar-refractivity contribution >= 4 is 23.5 Å². The molecule has 0 saturated heterocycles. The van der Waals surface area contributed by atoms with Crippen molar-refractivity contribution in [3.8, 4) is 22.6 Å². The van der Waals surface area contributed by atoms with E-state index < -0.39 is 0 Å². The largest absolute Gasteiger partial charge is 0.504 e. The number of rotatable bonds is 1. The lowest BCUT2D eigenvalue weighted by molar-refractivity contribution is 0.307. The van der Waals surface area contributed by atoms with Crippen LogP contribution in [0.3, 0.4) is 0 Å². The Morgan fingerprint density at radius 2 is 1.73 bits per heavy atom. The van der Waals surface area contributed by atoms with Crippen molar-refractivity contribution in [3.05, 3.63) is 60.2 Å². The van der Waals surface area contributed by atoms with Crippen LogP contribution in [0.2, 0.25) is 0 Å². The lowest BCUT2D eigenvalue weighted by Gasteiger charge is -2.21. The number of hydrogen-bond donors (Lipinski definition) is 2. The van der Waals surface area contributed by atoms with Gasteiger partial charge < -0.3 is 15.2 Å². The van der Waals surface area contributed by atoms with Crippen LogP contribution >= 0.6 is 23.5 Å². The molecule has 0 atom stereocenters. The first-order valence-corrected chi connectivity index (χ1v) is 10.2. The number of ether oxygens (including phenoxy) is 1. The van der Waals surface area contributed by atoms with Gasteiger partial charge in [0.2, 0.25) is 0 Å². The third kappa shape index (κ3) is 2.76. The average molecular weight is 380 g/mol. The number of nitrogens with one attached hydrogen (secondary N) is 1. The maximum absolute atomic E-state index is 10.5. The van der Waals surface area contributed by atoms with Gasteiger partial charge in [0, 0.05) is 38.2 Å². The van der Waals surface area contributed by atoms with E-state index in [1.54, 1.807) is 11.8 Å². The monoisotopic (exact) mass is 379 g/mol. The zero-order valence-electron chi connectivity index (χ0n) is 14.0. The molecule has 130 valence electrons. The number of fused-ring (bicyclic) bond motifs is 3.